The normalized spacial score (nSPS) is 29.3. The van der Waals surface area contributed by atoms with Gasteiger partial charge in [-0.3, -0.25) is 0 Å². The molecule has 0 spiro atoms. The summed E-state index contributed by atoms with van der Waals surface area (Å²) in [6.07, 6.45) is 3.55. The molecule has 0 aliphatic heterocycles. The van der Waals surface area contributed by atoms with Crippen LogP contribution in [-0.4, -0.2) is 11.2 Å². The fourth-order valence-electron chi connectivity index (χ4n) is 2.73. The number of rotatable bonds is 2. The molecule has 94 valence electrons. The highest BCUT2D eigenvalue weighted by Crippen LogP contribution is 2.32. The van der Waals surface area contributed by atoms with Crippen molar-refractivity contribution in [3.8, 4) is 0 Å². The standard InChI is InChI=1S/C14H18BrFO/c1-9-2-3-14(17)11(4-9)5-10-6-12(15)8-13(16)7-10/h6-9,11,14,17H,2-5H2,1H3. The largest absolute Gasteiger partial charge is 0.393 e. The molecule has 0 radical (unpaired) electrons. The average Bonchev–Trinajstić information content (AvgIpc) is 2.22. The van der Waals surface area contributed by atoms with Gasteiger partial charge in [0.25, 0.3) is 0 Å². The Balaban J connectivity index is 2.08. The molecule has 0 amide bonds. The molecule has 1 aliphatic rings. The molecule has 2 rings (SSSR count). The van der Waals surface area contributed by atoms with E-state index in [-0.39, 0.29) is 17.8 Å². The first-order valence-corrected chi connectivity index (χ1v) is 6.97. The molecule has 17 heavy (non-hydrogen) atoms. The van der Waals surface area contributed by atoms with Crippen LogP contribution in [0, 0.1) is 17.7 Å². The van der Waals surface area contributed by atoms with E-state index in [2.05, 4.69) is 22.9 Å². The Hall–Kier alpha value is -0.410. The van der Waals surface area contributed by atoms with Crippen molar-refractivity contribution in [3.05, 3.63) is 34.1 Å². The molecule has 1 N–H and O–H groups in total. The number of aliphatic hydroxyl groups excluding tert-OH is 1. The second kappa shape index (κ2) is 5.49. The molecule has 1 nitrogen and oxygen atoms in total. The molecule has 0 aromatic heterocycles. The maximum atomic E-state index is 13.3. The summed E-state index contributed by atoms with van der Waals surface area (Å²) in [6, 6.07) is 4.97. The molecule has 3 heteroatoms. The van der Waals surface area contributed by atoms with Crippen molar-refractivity contribution in [2.75, 3.05) is 0 Å². The molecule has 0 heterocycles. The van der Waals surface area contributed by atoms with Gasteiger partial charge in [-0.2, -0.15) is 0 Å². The van der Waals surface area contributed by atoms with Crippen LogP contribution < -0.4 is 0 Å². The van der Waals surface area contributed by atoms with Crippen molar-refractivity contribution >= 4 is 15.9 Å². The smallest absolute Gasteiger partial charge is 0.124 e. The summed E-state index contributed by atoms with van der Waals surface area (Å²) in [5.41, 5.74) is 0.968. The topological polar surface area (TPSA) is 20.2 Å². The Morgan fingerprint density at radius 3 is 2.82 bits per heavy atom. The van der Waals surface area contributed by atoms with E-state index in [4.69, 9.17) is 0 Å². The first kappa shape index (κ1) is 13.0. The third-order valence-corrected chi connectivity index (χ3v) is 4.08. The van der Waals surface area contributed by atoms with Crippen molar-refractivity contribution in [1.82, 2.24) is 0 Å². The van der Waals surface area contributed by atoms with Crippen molar-refractivity contribution in [3.63, 3.8) is 0 Å². The van der Waals surface area contributed by atoms with E-state index >= 15 is 0 Å². The van der Waals surface area contributed by atoms with Crippen molar-refractivity contribution < 1.29 is 9.50 Å². The zero-order valence-corrected chi connectivity index (χ0v) is 11.6. The minimum Gasteiger partial charge on any atom is -0.393 e. The molecule has 0 bridgehead atoms. The van der Waals surface area contributed by atoms with E-state index < -0.39 is 0 Å². The van der Waals surface area contributed by atoms with Crippen LogP contribution in [0.3, 0.4) is 0 Å². The molecule has 1 aromatic rings. The van der Waals surface area contributed by atoms with Gasteiger partial charge in [0.15, 0.2) is 0 Å². The monoisotopic (exact) mass is 300 g/mol. The molecule has 1 aliphatic carbocycles. The summed E-state index contributed by atoms with van der Waals surface area (Å²) in [5.74, 6) is 0.723. The van der Waals surface area contributed by atoms with Crippen LogP contribution in [0.4, 0.5) is 4.39 Å². The molecule has 3 atom stereocenters. The Labute approximate surface area is 110 Å². The summed E-state index contributed by atoms with van der Waals surface area (Å²) in [6.45, 7) is 2.22. The first-order chi connectivity index (χ1) is 8.04. The lowest BCUT2D eigenvalue weighted by atomic mass is 9.77. The summed E-state index contributed by atoms with van der Waals surface area (Å²) in [4.78, 5) is 0. The highest BCUT2D eigenvalue weighted by Gasteiger charge is 2.27. The van der Waals surface area contributed by atoms with Gasteiger partial charge in [-0.1, -0.05) is 22.9 Å². The molecule has 1 aromatic carbocycles. The van der Waals surface area contributed by atoms with Crippen LogP contribution in [0.1, 0.15) is 31.7 Å². The Bertz CT molecular complexity index is 374. The summed E-state index contributed by atoms with van der Waals surface area (Å²) >= 11 is 3.30. The fourth-order valence-corrected chi connectivity index (χ4v) is 3.25. The third kappa shape index (κ3) is 3.52. The van der Waals surface area contributed by atoms with E-state index in [0.717, 1.165) is 35.7 Å². The van der Waals surface area contributed by atoms with E-state index in [1.54, 1.807) is 6.07 Å². The van der Waals surface area contributed by atoms with Crippen molar-refractivity contribution in [2.45, 2.75) is 38.7 Å². The van der Waals surface area contributed by atoms with E-state index in [1.807, 2.05) is 6.07 Å². The van der Waals surface area contributed by atoms with Gasteiger partial charge in [-0.15, -0.1) is 0 Å². The Morgan fingerprint density at radius 2 is 2.12 bits per heavy atom. The van der Waals surface area contributed by atoms with Crippen LogP contribution in [0.15, 0.2) is 22.7 Å². The van der Waals surface area contributed by atoms with Crippen molar-refractivity contribution in [1.29, 1.82) is 0 Å². The van der Waals surface area contributed by atoms with Crippen LogP contribution in [0.5, 0.6) is 0 Å². The number of halogens is 2. The van der Waals surface area contributed by atoms with E-state index in [1.165, 1.54) is 6.07 Å². The molecule has 3 unspecified atom stereocenters. The summed E-state index contributed by atoms with van der Waals surface area (Å²) in [5, 5.41) is 9.98. The number of hydrogen-bond acceptors (Lipinski definition) is 1. The Kier molecular flexibility index (Phi) is 4.21. The van der Waals surface area contributed by atoms with Gasteiger partial charge in [-0.05, 0) is 61.3 Å². The predicted octanol–water partition coefficient (Wildman–Crippen LogP) is 3.93. The van der Waals surface area contributed by atoms with Gasteiger partial charge in [0.05, 0.1) is 6.10 Å². The van der Waals surface area contributed by atoms with Gasteiger partial charge in [0, 0.05) is 4.47 Å². The minimum atomic E-state index is -0.228. The quantitative estimate of drug-likeness (QED) is 0.877. The average molecular weight is 301 g/mol. The highest BCUT2D eigenvalue weighted by molar-refractivity contribution is 9.10. The molecule has 1 saturated carbocycles. The van der Waals surface area contributed by atoms with Gasteiger partial charge in [0.2, 0.25) is 0 Å². The maximum absolute atomic E-state index is 13.3. The maximum Gasteiger partial charge on any atom is 0.124 e. The van der Waals surface area contributed by atoms with Crippen LogP contribution in [0.2, 0.25) is 0 Å². The van der Waals surface area contributed by atoms with E-state index in [0.29, 0.717) is 5.92 Å². The highest BCUT2D eigenvalue weighted by atomic mass is 79.9. The molecule has 1 fully saturated rings. The summed E-state index contributed by atoms with van der Waals surface area (Å²) < 4.78 is 14.0. The number of hydrogen-bond donors (Lipinski definition) is 1. The minimum absolute atomic E-state index is 0.215. The second-order valence-corrected chi connectivity index (χ2v) is 6.14. The predicted molar refractivity (Wildman–Crippen MR) is 70.3 cm³/mol. The third-order valence-electron chi connectivity index (χ3n) is 3.62. The lowest BCUT2D eigenvalue weighted by Crippen LogP contribution is -2.29. The zero-order valence-electron chi connectivity index (χ0n) is 10.00. The van der Waals surface area contributed by atoms with Crippen LogP contribution in [0.25, 0.3) is 0 Å². The van der Waals surface area contributed by atoms with Gasteiger partial charge >= 0.3 is 0 Å². The molecular formula is C14H18BrFO. The van der Waals surface area contributed by atoms with Gasteiger partial charge < -0.3 is 5.11 Å². The SMILES string of the molecule is CC1CCC(O)C(Cc2cc(F)cc(Br)c2)C1. The Morgan fingerprint density at radius 1 is 1.35 bits per heavy atom. The molecular weight excluding hydrogens is 283 g/mol. The number of aliphatic hydroxyl groups is 1. The molecule has 0 saturated heterocycles. The second-order valence-electron chi connectivity index (χ2n) is 5.23. The fraction of sp³-hybridized carbons (Fsp3) is 0.571. The number of benzene rings is 1. The van der Waals surface area contributed by atoms with Crippen LogP contribution >= 0.6 is 15.9 Å². The van der Waals surface area contributed by atoms with Gasteiger partial charge in [0.1, 0.15) is 5.82 Å². The lowest BCUT2D eigenvalue weighted by Gasteiger charge is -2.31. The lowest BCUT2D eigenvalue weighted by molar-refractivity contribution is 0.0519. The van der Waals surface area contributed by atoms with Crippen LogP contribution in [-0.2, 0) is 6.42 Å². The first-order valence-electron chi connectivity index (χ1n) is 6.17. The van der Waals surface area contributed by atoms with Gasteiger partial charge in [-0.25, -0.2) is 4.39 Å². The van der Waals surface area contributed by atoms with Crippen molar-refractivity contribution in [2.24, 2.45) is 11.8 Å². The zero-order chi connectivity index (χ0) is 12.4. The van der Waals surface area contributed by atoms with E-state index in [9.17, 15) is 9.50 Å². The summed E-state index contributed by atoms with van der Waals surface area (Å²) in [7, 11) is 0.